The van der Waals surface area contributed by atoms with Gasteiger partial charge in [0.05, 0.1) is 12.7 Å². The van der Waals surface area contributed by atoms with Gasteiger partial charge in [-0.05, 0) is 18.6 Å². The summed E-state index contributed by atoms with van der Waals surface area (Å²) in [5, 5.41) is 0. The summed E-state index contributed by atoms with van der Waals surface area (Å²) in [5.41, 5.74) is 1.68. The molecule has 2 nitrogen and oxygen atoms in total. The van der Waals surface area contributed by atoms with Gasteiger partial charge in [-0.2, -0.15) is 0 Å². The van der Waals surface area contributed by atoms with Crippen LogP contribution in [0.1, 0.15) is 29.8 Å². The molecule has 14 heavy (non-hydrogen) atoms. The van der Waals surface area contributed by atoms with E-state index in [1.165, 1.54) is 0 Å². The van der Waals surface area contributed by atoms with Crippen LogP contribution in [0.3, 0.4) is 0 Å². The smallest absolute Gasteiger partial charge is 0.169 e. The first-order valence-electron chi connectivity index (χ1n) is 4.75. The minimum atomic E-state index is 0.00528. The van der Waals surface area contributed by atoms with E-state index in [9.17, 15) is 4.79 Å². The van der Waals surface area contributed by atoms with Gasteiger partial charge < -0.3 is 4.74 Å². The molecular weight excluding hydrogens is 176 g/mol. The van der Waals surface area contributed by atoms with Crippen molar-refractivity contribution < 1.29 is 9.53 Å². The Kier molecular flexibility index (Phi) is 3.28. The predicted octanol–water partition coefficient (Wildman–Crippen LogP) is 2.84. The highest BCUT2D eigenvalue weighted by Gasteiger charge is 2.16. The first kappa shape index (κ1) is 10.8. The number of para-hydroxylation sites is 1. The van der Waals surface area contributed by atoms with Gasteiger partial charge in [0.15, 0.2) is 5.78 Å². The molecule has 0 fully saturated rings. The number of carbonyl (C=O) groups is 1. The summed E-state index contributed by atoms with van der Waals surface area (Å²) in [4.78, 5) is 11.8. The number of ether oxygens (including phenoxy) is 1. The number of ketones is 1. The summed E-state index contributed by atoms with van der Waals surface area (Å²) >= 11 is 0. The minimum Gasteiger partial charge on any atom is -0.496 e. The quantitative estimate of drug-likeness (QED) is 0.688. The lowest BCUT2D eigenvalue weighted by Gasteiger charge is -2.11. The molecule has 0 atom stereocenters. The Morgan fingerprint density at radius 3 is 2.50 bits per heavy atom. The third-order valence-electron chi connectivity index (χ3n) is 2.21. The van der Waals surface area contributed by atoms with E-state index in [-0.39, 0.29) is 11.7 Å². The molecule has 0 radical (unpaired) electrons. The molecule has 0 saturated heterocycles. The molecular formula is C12H16O2. The van der Waals surface area contributed by atoms with Crippen molar-refractivity contribution >= 4 is 5.78 Å². The van der Waals surface area contributed by atoms with Crippen LogP contribution in [0.15, 0.2) is 18.2 Å². The molecule has 0 amide bonds. The maximum absolute atomic E-state index is 11.8. The van der Waals surface area contributed by atoms with Crippen LogP contribution in [0.2, 0.25) is 0 Å². The molecule has 0 saturated carbocycles. The third-order valence-corrected chi connectivity index (χ3v) is 2.21. The molecule has 2 heteroatoms. The molecule has 0 aliphatic rings. The van der Waals surface area contributed by atoms with Crippen LogP contribution in [0.25, 0.3) is 0 Å². The van der Waals surface area contributed by atoms with Crippen molar-refractivity contribution in [2.45, 2.75) is 20.8 Å². The second kappa shape index (κ2) is 4.27. The number of hydrogen-bond donors (Lipinski definition) is 0. The Hall–Kier alpha value is -1.31. The lowest BCUT2D eigenvalue weighted by molar-refractivity contribution is 0.0936. The summed E-state index contributed by atoms with van der Waals surface area (Å²) in [6.45, 7) is 5.73. The van der Waals surface area contributed by atoms with E-state index in [1.807, 2.05) is 39.0 Å². The van der Waals surface area contributed by atoms with Crippen LogP contribution in [0.5, 0.6) is 5.75 Å². The topological polar surface area (TPSA) is 26.3 Å². The Labute approximate surface area is 84.9 Å². The lowest BCUT2D eigenvalue weighted by atomic mass is 9.98. The fourth-order valence-electron chi connectivity index (χ4n) is 1.43. The summed E-state index contributed by atoms with van der Waals surface area (Å²) in [6, 6.07) is 5.64. The summed E-state index contributed by atoms with van der Waals surface area (Å²) < 4.78 is 5.23. The van der Waals surface area contributed by atoms with Crippen LogP contribution in [0, 0.1) is 12.8 Å². The maximum atomic E-state index is 11.8. The van der Waals surface area contributed by atoms with E-state index in [0.717, 1.165) is 5.56 Å². The number of carbonyl (C=O) groups excluding carboxylic acids is 1. The zero-order valence-corrected chi connectivity index (χ0v) is 9.13. The van der Waals surface area contributed by atoms with Gasteiger partial charge in [0.25, 0.3) is 0 Å². The largest absolute Gasteiger partial charge is 0.496 e. The van der Waals surface area contributed by atoms with Crippen LogP contribution < -0.4 is 4.74 Å². The minimum absolute atomic E-state index is 0.00528. The van der Waals surface area contributed by atoms with Crippen LogP contribution in [-0.2, 0) is 0 Å². The van der Waals surface area contributed by atoms with E-state index in [4.69, 9.17) is 4.74 Å². The number of rotatable bonds is 3. The van der Waals surface area contributed by atoms with Crippen molar-refractivity contribution in [1.29, 1.82) is 0 Å². The number of aryl methyl sites for hydroxylation is 1. The number of hydrogen-bond acceptors (Lipinski definition) is 2. The van der Waals surface area contributed by atoms with Crippen molar-refractivity contribution in [3.63, 3.8) is 0 Å². The summed E-state index contributed by atoms with van der Waals surface area (Å²) in [7, 11) is 1.60. The highest BCUT2D eigenvalue weighted by atomic mass is 16.5. The van der Waals surface area contributed by atoms with Crippen molar-refractivity contribution in [1.82, 2.24) is 0 Å². The van der Waals surface area contributed by atoms with Crippen LogP contribution in [-0.4, -0.2) is 12.9 Å². The highest BCUT2D eigenvalue weighted by molar-refractivity contribution is 6.00. The second-order valence-corrected chi connectivity index (χ2v) is 3.67. The fraction of sp³-hybridized carbons (Fsp3) is 0.417. The molecule has 0 unspecified atom stereocenters. The first-order valence-corrected chi connectivity index (χ1v) is 4.75. The highest BCUT2D eigenvalue weighted by Crippen LogP contribution is 2.25. The first-order chi connectivity index (χ1) is 6.57. The molecule has 1 aromatic carbocycles. The van der Waals surface area contributed by atoms with Gasteiger partial charge in [0.2, 0.25) is 0 Å². The molecule has 0 bridgehead atoms. The molecule has 1 aromatic rings. The van der Waals surface area contributed by atoms with Crippen molar-refractivity contribution in [2.75, 3.05) is 7.11 Å². The Bertz CT molecular complexity index is 340. The SMILES string of the molecule is COc1c(C)cccc1C(=O)C(C)C. The van der Waals surface area contributed by atoms with Gasteiger partial charge in [0.1, 0.15) is 5.75 Å². The van der Waals surface area contributed by atoms with Gasteiger partial charge in [0, 0.05) is 5.92 Å². The van der Waals surface area contributed by atoms with Crippen LogP contribution in [0.4, 0.5) is 0 Å². The zero-order chi connectivity index (χ0) is 10.7. The Morgan fingerprint density at radius 2 is 2.00 bits per heavy atom. The van der Waals surface area contributed by atoms with Crippen molar-refractivity contribution in [3.05, 3.63) is 29.3 Å². The van der Waals surface area contributed by atoms with E-state index < -0.39 is 0 Å². The maximum Gasteiger partial charge on any atom is 0.169 e. The van der Waals surface area contributed by atoms with Gasteiger partial charge in [-0.3, -0.25) is 4.79 Å². The normalized spacial score (nSPS) is 10.4. The zero-order valence-electron chi connectivity index (χ0n) is 9.13. The van der Waals surface area contributed by atoms with Gasteiger partial charge in [-0.1, -0.05) is 26.0 Å². The number of Topliss-reactive ketones (excluding diaryl/α,β-unsaturated/α-hetero) is 1. The summed E-state index contributed by atoms with van der Waals surface area (Å²) in [6.07, 6.45) is 0. The van der Waals surface area contributed by atoms with E-state index in [2.05, 4.69) is 0 Å². The Morgan fingerprint density at radius 1 is 1.36 bits per heavy atom. The monoisotopic (exact) mass is 192 g/mol. The third kappa shape index (κ3) is 1.95. The average molecular weight is 192 g/mol. The number of methoxy groups -OCH3 is 1. The molecule has 0 aliphatic carbocycles. The standard InChI is InChI=1S/C12H16O2/c1-8(2)11(13)10-7-5-6-9(3)12(10)14-4/h5-8H,1-4H3. The predicted molar refractivity (Wildman–Crippen MR) is 56.9 cm³/mol. The van der Waals surface area contributed by atoms with E-state index >= 15 is 0 Å². The molecule has 0 spiro atoms. The lowest BCUT2D eigenvalue weighted by Crippen LogP contribution is -2.09. The second-order valence-electron chi connectivity index (χ2n) is 3.67. The van der Waals surface area contributed by atoms with Crippen molar-refractivity contribution in [3.8, 4) is 5.75 Å². The van der Waals surface area contributed by atoms with Gasteiger partial charge in [-0.15, -0.1) is 0 Å². The molecule has 76 valence electrons. The van der Waals surface area contributed by atoms with Crippen LogP contribution >= 0.6 is 0 Å². The van der Waals surface area contributed by atoms with E-state index in [1.54, 1.807) is 7.11 Å². The average Bonchev–Trinajstić information content (AvgIpc) is 2.16. The van der Waals surface area contributed by atoms with E-state index in [0.29, 0.717) is 11.3 Å². The molecule has 0 aromatic heterocycles. The Balaban J connectivity index is 3.20. The van der Waals surface area contributed by atoms with Gasteiger partial charge in [-0.25, -0.2) is 0 Å². The molecule has 0 aliphatic heterocycles. The molecule has 0 N–H and O–H groups in total. The van der Waals surface area contributed by atoms with Crippen molar-refractivity contribution in [2.24, 2.45) is 5.92 Å². The molecule has 1 rings (SSSR count). The fourth-order valence-corrected chi connectivity index (χ4v) is 1.43. The molecule has 0 heterocycles. The number of benzene rings is 1. The summed E-state index contributed by atoms with van der Waals surface area (Å²) in [5.74, 6) is 0.836. The van der Waals surface area contributed by atoms with Gasteiger partial charge >= 0.3 is 0 Å².